The molecular formula is C19H18N4O4. The van der Waals surface area contributed by atoms with Crippen molar-refractivity contribution in [2.75, 3.05) is 5.32 Å². The minimum Gasteiger partial charge on any atom is -0.457 e. The highest BCUT2D eigenvalue weighted by atomic mass is 16.6. The van der Waals surface area contributed by atoms with E-state index in [4.69, 9.17) is 4.74 Å². The van der Waals surface area contributed by atoms with Crippen LogP contribution in [0.5, 0.6) is 11.5 Å². The Labute approximate surface area is 155 Å². The standard InChI is InChI=1S/C19H18N4O4/c1-13-3-5-17(6-4-13)27-18-10-15(9-16(11-18)23(25)26)21-19(24)12-22-14(2)7-8-20-22/h3-11H,12H2,1-2H3,(H,21,24). The van der Waals surface area contributed by atoms with E-state index in [2.05, 4.69) is 10.4 Å². The van der Waals surface area contributed by atoms with Crippen LogP contribution in [-0.4, -0.2) is 20.6 Å². The first-order valence-electron chi connectivity index (χ1n) is 8.23. The zero-order chi connectivity index (χ0) is 19.4. The molecule has 0 spiro atoms. The molecule has 0 aliphatic carbocycles. The highest BCUT2D eigenvalue weighted by molar-refractivity contribution is 5.91. The number of aryl methyl sites for hydroxylation is 2. The summed E-state index contributed by atoms with van der Waals surface area (Å²) in [5, 5.41) is 17.9. The van der Waals surface area contributed by atoms with Crippen molar-refractivity contribution in [3.05, 3.63) is 76.1 Å². The van der Waals surface area contributed by atoms with Crippen molar-refractivity contribution in [2.45, 2.75) is 20.4 Å². The van der Waals surface area contributed by atoms with Crippen LogP contribution in [0, 0.1) is 24.0 Å². The van der Waals surface area contributed by atoms with Gasteiger partial charge in [-0.25, -0.2) is 0 Å². The van der Waals surface area contributed by atoms with E-state index in [-0.39, 0.29) is 29.6 Å². The van der Waals surface area contributed by atoms with Crippen molar-refractivity contribution >= 4 is 17.3 Å². The van der Waals surface area contributed by atoms with E-state index >= 15 is 0 Å². The van der Waals surface area contributed by atoms with Gasteiger partial charge in [0, 0.05) is 24.0 Å². The number of hydrogen-bond acceptors (Lipinski definition) is 5. The number of non-ortho nitro benzene ring substituents is 1. The quantitative estimate of drug-likeness (QED) is 0.528. The minimum absolute atomic E-state index is 0.00960. The minimum atomic E-state index is -0.532. The van der Waals surface area contributed by atoms with Crippen LogP contribution >= 0.6 is 0 Å². The van der Waals surface area contributed by atoms with Crippen LogP contribution in [0.3, 0.4) is 0 Å². The summed E-state index contributed by atoms with van der Waals surface area (Å²) in [5.41, 5.74) is 2.02. The summed E-state index contributed by atoms with van der Waals surface area (Å²) in [6.45, 7) is 3.79. The average molecular weight is 366 g/mol. The summed E-state index contributed by atoms with van der Waals surface area (Å²) in [6, 6.07) is 13.2. The second kappa shape index (κ2) is 7.69. The van der Waals surface area contributed by atoms with Crippen LogP contribution in [0.1, 0.15) is 11.3 Å². The van der Waals surface area contributed by atoms with Crippen molar-refractivity contribution in [3.8, 4) is 11.5 Å². The van der Waals surface area contributed by atoms with E-state index in [0.717, 1.165) is 11.3 Å². The Morgan fingerprint density at radius 2 is 1.89 bits per heavy atom. The van der Waals surface area contributed by atoms with Gasteiger partial charge in [0.15, 0.2) is 0 Å². The van der Waals surface area contributed by atoms with E-state index in [1.165, 1.54) is 16.8 Å². The first-order chi connectivity index (χ1) is 12.9. The highest BCUT2D eigenvalue weighted by Crippen LogP contribution is 2.30. The smallest absolute Gasteiger partial charge is 0.275 e. The fraction of sp³-hybridized carbons (Fsp3) is 0.158. The normalized spacial score (nSPS) is 10.4. The number of nitrogens with zero attached hydrogens (tertiary/aromatic N) is 3. The zero-order valence-corrected chi connectivity index (χ0v) is 14.9. The van der Waals surface area contributed by atoms with Gasteiger partial charge >= 0.3 is 0 Å². The maximum Gasteiger partial charge on any atom is 0.275 e. The van der Waals surface area contributed by atoms with Gasteiger partial charge in [0.2, 0.25) is 5.91 Å². The highest BCUT2D eigenvalue weighted by Gasteiger charge is 2.14. The van der Waals surface area contributed by atoms with Gasteiger partial charge in [-0.05, 0) is 32.0 Å². The molecule has 27 heavy (non-hydrogen) atoms. The predicted molar refractivity (Wildman–Crippen MR) is 99.9 cm³/mol. The molecule has 0 aliphatic rings. The lowest BCUT2D eigenvalue weighted by molar-refractivity contribution is -0.384. The average Bonchev–Trinajstić information content (AvgIpc) is 3.01. The SMILES string of the molecule is Cc1ccc(Oc2cc(NC(=O)Cn3nccc3C)cc([N+](=O)[O-])c2)cc1. The Kier molecular flexibility index (Phi) is 5.16. The lowest BCUT2D eigenvalue weighted by atomic mass is 10.2. The van der Waals surface area contributed by atoms with Crippen LogP contribution in [0.15, 0.2) is 54.7 Å². The Balaban J connectivity index is 1.80. The topological polar surface area (TPSA) is 99.3 Å². The number of ether oxygens (including phenoxy) is 1. The molecule has 1 N–H and O–H groups in total. The van der Waals surface area contributed by atoms with E-state index in [9.17, 15) is 14.9 Å². The molecule has 0 aliphatic heterocycles. The van der Waals surface area contributed by atoms with E-state index in [1.807, 2.05) is 26.0 Å². The maximum absolute atomic E-state index is 12.2. The van der Waals surface area contributed by atoms with Crippen molar-refractivity contribution in [1.29, 1.82) is 0 Å². The van der Waals surface area contributed by atoms with Gasteiger partial charge in [0.05, 0.1) is 16.7 Å². The summed E-state index contributed by atoms with van der Waals surface area (Å²) in [6.07, 6.45) is 1.60. The van der Waals surface area contributed by atoms with Gasteiger partial charge in [0.1, 0.15) is 18.0 Å². The number of carbonyl (C=O) groups is 1. The van der Waals surface area contributed by atoms with E-state index in [1.54, 1.807) is 30.5 Å². The fourth-order valence-electron chi connectivity index (χ4n) is 2.46. The van der Waals surface area contributed by atoms with Gasteiger partial charge in [-0.15, -0.1) is 0 Å². The number of amides is 1. The van der Waals surface area contributed by atoms with Crippen LogP contribution in [0.4, 0.5) is 11.4 Å². The molecule has 0 fully saturated rings. The molecule has 1 heterocycles. The van der Waals surface area contributed by atoms with E-state index < -0.39 is 4.92 Å². The molecule has 0 saturated heterocycles. The molecule has 0 radical (unpaired) electrons. The molecule has 138 valence electrons. The number of carbonyl (C=O) groups excluding carboxylic acids is 1. The molecule has 1 aromatic heterocycles. The van der Waals surface area contributed by atoms with Crippen LogP contribution in [0.25, 0.3) is 0 Å². The summed E-state index contributed by atoms with van der Waals surface area (Å²) >= 11 is 0. The first kappa shape index (κ1) is 18.1. The molecule has 1 amide bonds. The zero-order valence-electron chi connectivity index (χ0n) is 14.9. The number of aromatic nitrogens is 2. The third-order valence-electron chi connectivity index (χ3n) is 3.86. The fourth-order valence-corrected chi connectivity index (χ4v) is 2.46. The van der Waals surface area contributed by atoms with Crippen LogP contribution < -0.4 is 10.1 Å². The second-order valence-corrected chi connectivity index (χ2v) is 6.07. The molecule has 8 heteroatoms. The number of nitro benzene ring substituents is 1. The molecule has 3 rings (SSSR count). The number of benzene rings is 2. The predicted octanol–water partition coefficient (Wildman–Crippen LogP) is 3.84. The Morgan fingerprint density at radius 3 is 2.52 bits per heavy atom. The monoisotopic (exact) mass is 366 g/mol. The molecule has 8 nitrogen and oxygen atoms in total. The van der Waals surface area contributed by atoms with Crippen LogP contribution in [-0.2, 0) is 11.3 Å². The number of nitrogens with one attached hydrogen (secondary N) is 1. The summed E-state index contributed by atoms with van der Waals surface area (Å²) in [4.78, 5) is 22.9. The largest absolute Gasteiger partial charge is 0.457 e. The van der Waals surface area contributed by atoms with Crippen molar-refractivity contribution < 1.29 is 14.5 Å². The molecule has 0 atom stereocenters. The maximum atomic E-state index is 12.2. The van der Waals surface area contributed by atoms with Gasteiger partial charge < -0.3 is 10.1 Å². The van der Waals surface area contributed by atoms with Gasteiger partial charge in [-0.3, -0.25) is 19.6 Å². The lowest BCUT2D eigenvalue weighted by Crippen LogP contribution is -2.20. The van der Waals surface area contributed by atoms with Gasteiger partial charge in [0.25, 0.3) is 5.69 Å². The molecule has 3 aromatic rings. The number of hydrogen-bond donors (Lipinski definition) is 1. The summed E-state index contributed by atoms with van der Waals surface area (Å²) < 4.78 is 7.24. The van der Waals surface area contributed by atoms with E-state index in [0.29, 0.717) is 5.75 Å². The van der Waals surface area contributed by atoms with Crippen molar-refractivity contribution in [1.82, 2.24) is 9.78 Å². The Morgan fingerprint density at radius 1 is 1.15 bits per heavy atom. The third kappa shape index (κ3) is 4.69. The van der Waals surface area contributed by atoms with Crippen LogP contribution in [0.2, 0.25) is 0 Å². The molecular weight excluding hydrogens is 348 g/mol. The van der Waals surface area contributed by atoms with Gasteiger partial charge in [-0.2, -0.15) is 5.10 Å². The van der Waals surface area contributed by atoms with Crippen molar-refractivity contribution in [3.63, 3.8) is 0 Å². The number of rotatable bonds is 6. The second-order valence-electron chi connectivity index (χ2n) is 6.07. The Bertz CT molecular complexity index is 980. The van der Waals surface area contributed by atoms with Gasteiger partial charge in [-0.1, -0.05) is 17.7 Å². The summed E-state index contributed by atoms with van der Waals surface area (Å²) in [5.74, 6) is 0.466. The summed E-state index contributed by atoms with van der Waals surface area (Å²) in [7, 11) is 0. The third-order valence-corrected chi connectivity index (χ3v) is 3.86. The first-order valence-corrected chi connectivity index (χ1v) is 8.23. The molecule has 0 bridgehead atoms. The Hall–Kier alpha value is -3.68. The molecule has 0 saturated carbocycles. The molecule has 0 unspecified atom stereocenters. The number of anilines is 1. The van der Waals surface area contributed by atoms with Crippen molar-refractivity contribution in [2.24, 2.45) is 0 Å². The number of nitro groups is 1. The lowest BCUT2D eigenvalue weighted by Gasteiger charge is -2.10. The molecule has 2 aromatic carbocycles.